The fourth-order valence-corrected chi connectivity index (χ4v) is 6.96. The predicted molar refractivity (Wildman–Crippen MR) is 131 cm³/mol. The minimum Gasteiger partial charge on any atom is -0.495 e. The molecular weight excluding hydrogens is 464 g/mol. The largest absolute Gasteiger partial charge is 0.495 e. The van der Waals surface area contributed by atoms with Gasteiger partial charge >= 0.3 is 5.97 Å². The summed E-state index contributed by atoms with van der Waals surface area (Å²) in [7, 11) is 1.56. The number of hydrogen-bond acceptors (Lipinski definition) is 8. The van der Waals surface area contributed by atoms with Crippen molar-refractivity contribution < 1.29 is 19.1 Å². The zero-order valence-corrected chi connectivity index (χ0v) is 20.1. The van der Waals surface area contributed by atoms with Crippen LogP contribution in [-0.2, 0) is 16.1 Å². The summed E-state index contributed by atoms with van der Waals surface area (Å²) in [5.41, 5.74) is 2.92. The Morgan fingerprint density at radius 2 is 1.81 bits per heavy atom. The van der Waals surface area contributed by atoms with E-state index in [1.54, 1.807) is 24.6 Å². The van der Waals surface area contributed by atoms with Gasteiger partial charge in [-0.05, 0) is 29.8 Å². The summed E-state index contributed by atoms with van der Waals surface area (Å²) in [6.45, 7) is 1.50. The molecule has 2 heterocycles. The summed E-state index contributed by atoms with van der Waals surface area (Å²) >= 11 is 5.16. The van der Waals surface area contributed by atoms with Gasteiger partial charge in [-0.15, -0.1) is 34.9 Å². The van der Waals surface area contributed by atoms with E-state index >= 15 is 0 Å². The van der Waals surface area contributed by atoms with Crippen LogP contribution in [0.1, 0.15) is 33.1 Å². The molecule has 1 fully saturated rings. The van der Waals surface area contributed by atoms with Crippen LogP contribution in [0.5, 0.6) is 5.75 Å². The molecule has 166 valence electrons. The van der Waals surface area contributed by atoms with Crippen LogP contribution in [0, 0.1) is 0 Å². The van der Waals surface area contributed by atoms with Gasteiger partial charge in [-0.2, -0.15) is 0 Å². The van der Waals surface area contributed by atoms with Crippen LogP contribution in [0.2, 0.25) is 0 Å². The molecule has 0 radical (unpaired) electrons. The van der Waals surface area contributed by atoms with Gasteiger partial charge in [0.15, 0.2) is 5.13 Å². The van der Waals surface area contributed by atoms with Crippen LogP contribution in [0.15, 0.2) is 53.9 Å². The van der Waals surface area contributed by atoms with E-state index in [1.165, 1.54) is 28.7 Å². The third kappa shape index (κ3) is 5.11. The minimum absolute atomic E-state index is 0.0308. The first-order valence-electron chi connectivity index (χ1n) is 9.95. The van der Waals surface area contributed by atoms with Crippen molar-refractivity contribution >= 4 is 57.6 Å². The molecule has 0 atom stereocenters. The standard InChI is InChI=1S/C23H22N2O4S3/c1-15(26)25(19-5-3-4-6-20(19)28-2)23-24-18(14-32-23)13-29-21(27)16-7-9-17(10-8-16)22-30-11-12-31-22/h3-10,14,22H,11-13H2,1-2H3. The van der Waals surface area contributed by atoms with Crippen molar-refractivity contribution in [2.75, 3.05) is 23.5 Å². The Morgan fingerprint density at radius 1 is 1.09 bits per heavy atom. The van der Waals surface area contributed by atoms with Gasteiger partial charge in [0, 0.05) is 23.8 Å². The molecule has 1 aromatic heterocycles. The molecule has 1 amide bonds. The van der Waals surface area contributed by atoms with E-state index in [-0.39, 0.29) is 12.5 Å². The molecule has 9 heteroatoms. The molecule has 0 bridgehead atoms. The molecule has 0 saturated carbocycles. The second-order valence-electron chi connectivity index (χ2n) is 6.92. The molecule has 6 nitrogen and oxygen atoms in total. The van der Waals surface area contributed by atoms with Crippen LogP contribution < -0.4 is 9.64 Å². The Kier molecular flexibility index (Phi) is 7.39. The van der Waals surface area contributed by atoms with Gasteiger partial charge in [0.25, 0.3) is 0 Å². The van der Waals surface area contributed by atoms with Crippen molar-refractivity contribution in [3.63, 3.8) is 0 Å². The predicted octanol–water partition coefficient (Wildman–Crippen LogP) is 5.67. The SMILES string of the molecule is COc1ccccc1N(C(C)=O)c1nc(COC(=O)c2ccc(C3SCCS3)cc2)cs1. The van der Waals surface area contributed by atoms with E-state index in [0.717, 1.165) is 11.5 Å². The number of anilines is 2. The minimum atomic E-state index is -0.397. The van der Waals surface area contributed by atoms with Gasteiger partial charge in [0.2, 0.25) is 5.91 Å². The van der Waals surface area contributed by atoms with E-state index in [1.807, 2.05) is 59.9 Å². The van der Waals surface area contributed by atoms with E-state index in [4.69, 9.17) is 9.47 Å². The number of thiazole rings is 1. The maximum Gasteiger partial charge on any atom is 0.338 e. The maximum absolute atomic E-state index is 12.5. The Morgan fingerprint density at radius 3 is 2.50 bits per heavy atom. The van der Waals surface area contributed by atoms with E-state index < -0.39 is 5.97 Å². The number of carbonyl (C=O) groups excluding carboxylic acids is 2. The fraction of sp³-hybridized carbons (Fsp3) is 0.261. The first kappa shape index (κ1) is 22.7. The van der Waals surface area contributed by atoms with Crippen LogP contribution in [0.25, 0.3) is 0 Å². The van der Waals surface area contributed by atoms with E-state index in [9.17, 15) is 9.59 Å². The highest BCUT2D eigenvalue weighted by Gasteiger charge is 2.22. The van der Waals surface area contributed by atoms with Gasteiger partial charge < -0.3 is 9.47 Å². The number of aromatic nitrogens is 1. The summed E-state index contributed by atoms with van der Waals surface area (Å²) in [5.74, 6) is 2.31. The maximum atomic E-state index is 12.5. The van der Waals surface area contributed by atoms with E-state index in [2.05, 4.69) is 4.98 Å². The van der Waals surface area contributed by atoms with Gasteiger partial charge in [0.1, 0.15) is 12.4 Å². The number of hydrogen-bond donors (Lipinski definition) is 0. The quantitative estimate of drug-likeness (QED) is 0.398. The molecule has 32 heavy (non-hydrogen) atoms. The lowest BCUT2D eigenvalue weighted by Gasteiger charge is -2.20. The Bertz CT molecular complexity index is 1090. The van der Waals surface area contributed by atoms with Crippen LogP contribution >= 0.6 is 34.9 Å². The second-order valence-corrected chi connectivity index (χ2v) is 10.5. The summed E-state index contributed by atoms with van der Waals surface area (Å²) in [6.07, 6.45) is 0. The smallest absolute Gasteiger partial charge is 0.338 e. The van der Waals surface area contributed by atoms with Gasteiger partial charge in [-0.3, -0.25) is 9.69 Å². The topological polar surface area (TPSA) is 68.7 Å². The number of para-hydroxylation sites is 2. The van der Waals surface area contributed by atoms with Gasteiger partial charge in [-0.25, -0.2) is 9.78 Å². The number of ether oxygens (including phenoxy) is 2. The van der Waals surface area contributed by atoms with Gasteiger partial charge in [-0.1, -0.05) is 24.3 Å². The van der Waals surface area contributed by atoms with Crippen LogP contribution in [0.3, 0.4) is 0 Å². The average molecular weight is 487 g/mol. The molecule has 1 aliphatic heterocycles. The highest BCUT2D eigenvalue weighted by molar-refractivity contribution is 8.19. The molecule has 0 aliphatic carbocycles. The summed E-state index contributed by atoms with van der Waals surface area (Å²) in [4.78, 5) is 30.8. The number of esters is 1. The van der Waals surface area contributed by atoms with Crippen molar-refractivity contribution in [2.45, 2.75) is 18.1 Å². The number of methoxy groups -OCH3 is 1. The van der Waals surface area contributed by atoms with Crippen molar-refractivity contribution in [2.24, 2.45) is 0 Å². The average Bonchev–Trinajstić information content (AvgIpc) is 3.51. The zero-order chi connectivity index (χ0) is 22.5. The highest BCUT2D eigenvalue weighted by atomic mass is 32.2. The van der Waals surface area contributed by atoms with E-state index in [0.29, 0.717) is 32.4 Å². The number of benzene rings is 2. The lowest BCUT2D eigenvalue weighted by molar-refractivity contribution is -0.115. The first-order valence-corrected chi connectivity index (χ1v) is 12.9. The lowest BCUT2D eigenvalue weighted by atomic mass is 10.1. The molecule has 0 spiro atoms. The van der Waals surface area contributed by atoms with Crippen LogP contribution in [0.4, 0.5) is 10.8 Å². The molecule has 4 rings (SSSR count). The number of nitrogens with zero attached hydrogens (tertiary/aromatic N) is 2. The number of rotatable bonds is 7. The van der Waals surface area contributed by atoms with Crippen molar-refractivity contribution in [1.29, 1.82) is 0 Å². The summed E-state index contributed by atoms with van der Waals surface area (Å²) in [5, 5.41) is 2.27. The molecule has 3 aromatic rings. The second kappa shape index (κ2) is 10.4. The summed E-state index contributed by atoms with van der Waals surface area (Å²) < 4.78 is 11.3. The monoisotopic (exact) mass is 486 g/mol. The van der Waals surface area contributed by atoms with Gasteiger partial charge in [0.05, 0.1) is 28.6 Å². The third-order valence-electron chi connectivity index (χ3n) is 4.76. The fourth-order valence-electron chi connectivity index (χ4n) is 3.24. The Hall–Kier alpha value is -2.49. The normalized spacial score (nSPS) is 13.7. The molecule has 2 aromatic carbocycles. The number of amides is 1. The lowest BCUT2D eigenvalue weighted by Crippen LogP contribution is -2.23. The van der Waals surface area contributed by atoms with Crippen molar-refractivity contribution in [1.82, 2.24) is 4.98 Å². The number of thioether (sulfide) groups is 2. The highest BCUT2D eigenvalue weighted by Crippen LogP contribution is 2.45. The molecule has 1 saturated heterocycles. The Balaban J connectivity index is 1.42. The van der Waals surface area contributed by atoms with Crippen LogP contribution in [-0.4, -0.2) is 35.5 Å². The first-order chi connectivity index (χ1) is 15.6. The zero-order valence-electron chi connectivity index (χ0n) is 17.6. The number of carbonyl (C=O) groups is 2. The summed E-state index contributed by atoms with van der Waals surface area (Å²) in [6, 6.07) is 14.9. The molecule has 1 aliphatic rings. The molecule has 0 N–H and O–H groups in total. The van der Waals surface area contributed by atoms with Crippen molar-refractivity contribution in [3.8, 4) is 5.75 Å². The Labute approximate surface area is 199 Å². The molecule has 0 unspecified atom stereocenters. The molecular formula is C23H22N2O4S3. The third-order valence-corrected chi connectivity index (χ3v) is 8.74. The van der Waals surface area contributed by atoms with Crippen molar-refractivity contribution in [3.05, 3.63) is 70.7 Å².